The van der Waals surface area contributed by atoms with E-state index in [1.807, 2.05) is 25.1 Å². The molecular weight excluding hydrogens is 268 g/mol. The smallest absolute Gasteiger partial charge is 0.170 e. The Hall–Kier alpha value is -1.61. The first-order valence-electron chi connectivity index (χ1n) is 6.96. The highest BCUT2D eigenvalue weighted by atomic mass is 32.1. The van der Waals surface area contributed by atoms with Gasteiger partial charge in [0.15, 0.2) is 5.78 Å². The van der Waals surface area contributed by atoms with Gasteiger partial charge in [0.25, 0.3) is 0 Å². The van der Waals surface area contributed by atoms with Gasteiger partial charge in [0.05, 0.1) is 7.11 Å². The molecule has 0 saturated carbocycles. The standard InChI is InChI=1S/C17H18O2S/c1-11-6-7-12(10-15(11)19-2)17(18)14-4-3-5-16-13(14)8-9-20-16/h6-10,14H,3-5H2,1-2H3. The van der Waals surface area contributed by atoms with E-state index in [1.165, 1.54) is 10.4 Å². The van der Waals surface area contributed by atoms with Gasteiger partial charge >= 0.3 is 0 Å². The van der Waals surface area contributed by atoms with Crippen LogP contribution in [0.4, 0.5) is 0 Å². The highest BCUT2D eigenvalue weighted by Crippen LogP contribution is 2.37. The Balaban J connectivity index is 1.94. The number of Topliss-reactive ketones (excluding diaryl/α,β-unsaturated/α-hetero) is 1. The van der Waals surface area contributed by atoms with Crippen LogP contribution in [0, 0.1) is 6.92 Å². The van der Waals surface area contributed by atoms with E-state index >= 15 is 0 Å². The maximum Gasteiger partial charge on any atom is 0.170 e. The summed E-state index contributed by atoms with van der Waals surface area (Å²) in [7, 11) is 1.65. The van der Waals surface area contributed by atoms with E-state index < -0.39 is 0 Å². The summed E-state index contributed by atoms with van der Waals surface area (Å²) in [4.78, 5) is 14.2. The van der Waals surface area contributed by atoms with Crippen LogP contribution in [0.3, 0.4) is 0 Å². The van der Waals surface area contributed by atoms with Crippen LogP contribution in [-0.2, 0) is 6.42 Å². The molecule has 1 aromatic heterocycles. The van der Waals surface area contributed by atoms with Crippen LogP contribution in [0.15, 0.2) is 29.6 Å². The summed E-state index contributed by atoms with van der Waals surface area (Å²) in [5.41, 5.74) is 3.06. The fourth-order valence-electron chi connectivity index (χ4n) is 2.93. The molecular formula is C17H18O2S. The van der Waals surface area contributed by atoms with Crippen molar-refractivity contribution in [2.45, 2.75) is 32.1 Å². The van der Waals surface area contributed by atoms with E-state index in [1.54, 1.807) is 18.4 Å². The number of carbonyl (C=O) groups is 1. The van der Waals surface area contributed by atoms with Crippen molar-refractivity contribution in [3.8, 4) is 5.75 Å². The maximum atomic E-state index is 12.8. The quantitative estimate of drug-likeness (QED) is 0.783. The van der Waals surface area contributed by atoms with Crippen molar-refractivity contribution in [3.05, 3.63) is 51.2 Å². The summed E-state index contributed by atoms with van der Waals surface area (Å²) in [5.74, 6) is 1.04. The lowest BCUT2D eigenvalue weighted by atomic mass is 9.82. The van der Waals surface area contributed by atoms with Crippen LogP contribution in [0.5, 0.6) is 5.75 Å². The van der Waals surface area contributed by atoms with Gasteiger partial charge in [0, 0.05) is 16.4 Å². The molecule has 0 radical (unpaired) electrons. The topological polar surface area (TPSA) is 26.3 Å². The van der Waals surface area contributed by atoms with Gasteiger partial charge < -0.3 is 4.74 Å². The number of benzene rings is 1. The van der Waals surface area contributed by atoms with E-state index in [-0.39, 0.29) is 11.7 Å². The van der Waals surface area contributed by atoms with Crippen LogP contribution >= 0.6 is 11.3 Å². The summed E-state index contributed by atoms with van der Waals surface area (Å²) >= 11 is 1.77. The monoisotopic (exact) mass is 286 g/mol. The van der Waals surface area contributed by atoms with Crippen molar-refractivity contribution in [2.75, 3.05) is 7.11 Å². The molecule has 0 saturated heterocycles. The molecule has 0 N–H and O–H groups in total. The number of ether oxygens (including phenoxy) is 1. The number of methoxy groups -OCH3 is 1. The zero-order valence-corrected chi connectivity index (χ0v) is 12.6. The molecule has 0 aliphatic heterocycles. The van der Waals surface area contributed by atoms with Crippen LogP contribution in [0.25, 0.3) is 0 Å². The minimum absolute atomic E-state index is 0.0254. The van der Waals surface area contributed by atoms with E-state index in [0.29, 0.717) is 0 Å². The largest absolute Gasteiger partial charge is 0.496 e. The molecule has 0 bridgehead atoms. The molecule has 2 aromatic rings. The van der Waals surface area contributed by atoms with E-state index in [4.69, 9.17) is 4.74 Å². The van der Waals surface area contributed by atoms with Gasteiger partial charge in [-0.2, -0.15) is 0 Å². The van der Waals surface area contributed by atoms with Gasteiger partial charge in [-0.25, -0.2) is 0 Å². The van der Waals surface area contributed by atoms with Crippen LogP contribution < -0.4 is 4.74 Å². The molecule has 3 rings (SSSR count). The van der Waals surface area contributed by atoms with Gasteiger partial charge in [-0.3, -0.25) is 4.79 Å². The Labute approximate surface area is 123 Å². The molecule has 3 heteroatoms. The molecule has 1 unspecified atom stereocenters. The third-order valence-electron chi connectivity index (χ3n) is 4.06. The molecule has 1 heterocycles. The molecule has 0 fully saturated rings. The van der Waals surface area contributed by atoms with Gasteiger partial charge in [-0.1, -0.05) is 12.1 Å². The van der Waals surface area contributed by atoms with E-state index in [0.717, 1.165) is 36.1 Å². The van der Waals surface area contributed by atoms with Gasteiger partial charge in [0.1, 0.15) is 5.75 Å². The molecule has 20 heavy (non-hydrogen) atoms. The maximum absolute atomic E-state index is 12.8. The van der Waals surface area contributed by atoms with Crippen molar-refractivity contribution in [1.82, 2.24) is 0 Å². The Morgan fingerprint density at radius 2 is 2.20 bits per heavy atom. The molecule has 0 spiro atoms. The Bertz CT molecular complexity index is 642. The lowest BCUT2D eigenvalue weighted by Gasteiger charge is -2.21. The first-order chi connectivity index (χ1) is 9.70. The second-order valence-electron chi connectivity index (χ2n) is 5.29. The number of fused-ring (bicyclic) bond motifs is 1. The third kappa shape index (κ3) is 2.27. The minimum atomic E-state index is 0.0254. The highest BCUT2D eigenvalue weighted by molar-refractivity contribution is 7.10. The van der Waals surface area contributed by atoms with Crippen molar-refractivity contribution >= 4 is 17.1 Å². The number of hydrogen-bond acceptors (Lipinski definition) is 3. The first-order valence-corrected chi connectivity index (χ1v) is 7.84. The first kappa shape index (κ1) is 13.4. The molecule has 1 atom stereocenters. The van der Waals surface area contributed by atoms with Gasteiger partial charge in [-0.05, 0) is 54.8 Å². The van der Waals surface area contributed by atoms with Crippen molar-refractivity contribution in [3.63, 3.8) is 0 Å². The number of aryl methyl sites for hydroxylation is 2. The highest BCUT2D eigenvalue weighted by Gasteiger charge is 2.28. The summed E-state index contributed by atoms with van der Waals surface area (Å²) in [5, 5.41) is 2.10. The Morgan fingerprint density at radius 1 is 1.35 bits per heavy atom. The second-order valence-corrected chi connectivity index (χ2v) is 6.29. The minimum Gasteiger partial charge on any atom is -0.496 e. The predicted molar refractivity (Wildman–Crippen MR) is 82.1 cm³/mol. The zero-order chi connectivity index (χ0) is 14.1. The van der Waals surface area contributed by atoms with Crippen molar-refractivity contribution < 1.29 is 9.53 Å². The number of thiophene rings is 1. The zero-order valence-electron chi connectivity index (χ0n) is 11.8. The molecule has 1 aliphatic rings. The number of rotatable bonds is 3. The summed E-state index contributed by atoms with van der Waals surface area (Å²) < 4.78 is 5.33. The SMILES string of the molecule is COc1cc(C(=O)C2CCCc3sccc32)ccc1C. The molecule has 104 valence electrons. The van der Waals surface area contributed by atoms with Crippen molar-refractivity contribution in [1.29, 1.82) is 0 Å². The molecule has 0 amide bonds. The third-order valence-corrected chi connectivity index (χ3v) is 5.06. The normalized spacial score (nSPS) is 17.6. The number of ketones is 1. The number of hydrogen-bond donors (Lipinski definition) is 0. The van der Waals surface area contributed by atoms with Crippen LogP contribution in [-0.4, -0.2) is 12.9 Å². The summed E-state index contributed by atoms with van der Waals surface area (Å²) in [6.07, 6.45) is 3.18. The van der Waals surface area contributed by atoms with Crippen molar-refractivity contribution in [2.24, 2.45) is 0 Å². The Morgan fingerprint density at radius 3 is 3.00 bits per heavy atom. The fraction of sp³-hybridized carbons (Fsp3) is 0.353. The van der Waals surface area contributed by atoms with E-state index in [9.17, 15) is 4.79 Å². The average Bonchev–Trinajstić information content (AvgIpc) is 2.95. The second kappa shape index (κ2) is 5.41. The number of carbonyl (C=O) groups excluding carboxylic acids is 1. The van der Waals surface area contributed by atoms with Crippen LogP contribution in [0.1, 0.15) is 45.1 Å². The van der Waals surface area contributed by atoms with E-state index in [2.05, 4.69) is 11.4 Å². The lowest BCUT2D eigenvalue weighted by molar-refractivity contribution is 0.0951. The molecule has 2 nitrogen and oxygen atoms in total. The summed E-state index contributed by atoms with van der Waals surface area (Å²) in [6, 6.07) is 7.87. The molecule has 1 aliphatic carbocycles. The Kier molecular flexibility index (Phi) is 3.62. The lowest BCUT2D eigenvalue weighted by Crippen LogP contribution is -2.17. The average molecular weight is 286 g/mol. The van der Waals surface area contributed by atoms with Crippen LogP contribution in [0.2, 0.25) is 0 Å². The van der Waals surface area contributed by atoms with Gasteiger partial charge in [-0.15, -0.1) is 11.3 Å². The summed E-state index contributed by atoms with van der Waals surface area (Å²) in [6.45, 7) is 1.99. The molecule has 1 aromatic carbocycles. The fourth-order valence-corrected chi connectivity index (χ4v) is 3.92. The predicted octanol–water partition coefficient (Wildman–Crippen LogP) is 4.37. The van der Waals surface area contributed by atoms with Gasteiger partial charge in [0.2, 0.25) is 0 Å².